The van der Waals surface area contributed by atoms with Gasteiger partial charge in [0.1, 0.15) is 0 Å². The second-order valence-electron chi connectivity index (χ2n) is 5.23. The van der Waals surface area contributed by atoms with Gasteiger partial charge in [0, 0.05) is 26.2 Å². The lowest BCUT2D eigenvalue weighted by Crippen LogP contribution is -2.54. The maximum Gasteiger partial charge on any atom is 0.239 e. The Bertz CT molecular complexity index is 279. The molecule has 0 aliphatic carbocycles. The maximum atomic E-state index is 12.4. The van der Waals surface area contributed by atoms with E-state index in [4.69, 9.17) is 9.84 Å². The number of rotatable bonds is 3. The normalized spacial score (nSPS) is 28.1. The smallest absolute Gasteiger partial charge is 0.239 e. The molecule has 0 aromatic carbocycles. The van der Waals surface area contributed by atoms with Crippen molar-refractivity contribution in [2.75, 3.05) is 39.4 Å². The van der Waals surface area contributed by atoms with Crippen LogP contribution in [0.3, 0.4) is 0 Å². The largest absolute Gasteiger partial charge is 0.394 e. The molecule has 5 nitrogen and oxygen atoms in total. The summed E-state index contributed by atoms with van der Waals surface area (Å²) in [4.78, 5) is 16.5. The van der Waals surface area contributed by atoms with Crippen LogP contribution in [-0.4, -0.2) is 72.4 Å². The number of aliphatic hydroxyl groups excluding tert-OH is 1. The first-order chi connectivity index (χ1) is 8.72. The molecule has 2 fully saturated rings. The summed E-state index contributed by atoms with van der Waals surface area (Å²) in [6.45, 7) is 5.82. The van der Waals surface area contributed by atoms with E-state index in [-0.39, 0.29) is 24.7 Å². The van der Waals surface area contributed by atoms with Crippen molar-refractivity contribution in [1.82, 2.24) is 9.80 Å². The number of amides is 1. The molecule has 2 unspecified atom stereocenters. The van der Waals surface area contributed by atoms with Crippen molar-refractivity contribution in [2.45, 2.75) is 38.3 Å². The van der Waals surface area contributed by atoms with Crippen LogP contribution in [0.5, 0.6) is 0 Å². The first-order valence-corrected chi connectivity index (χ1v) is 6.97. The van der Waals surface area contributed by atoms with Crippen LogP contribution in [0.4, 0.5) is 0 Å². The van der Waals surface area contributed by atoms with Gasteiger partial charge in [-0.1, -0.05) is 0 Å². The van der Waals surface area contributed by atoms with Gasteiger partial charge in [-0.3, -0.25) is 9.69 Å². The van der Waals surface area contributed by atoms with Gasteiger partial charge < -0.3 is 14.7 Å². The van der Waals surface area contributed by atoms with Gasteiger partial charge in [0.2, 0.25) is 5.91 Å². The molecule has 2 aliphatic heterocycles. The Morgan fingerprint density at radius 3 is 2.72 bits per heavy atom. The number of likely N-dealkylation sites (tertiary alicyclic amines) is 1. The van der Waals surface area contributed by atoms with Crippen molar-refractivity contribution in [3.8, 4) is 0 Å². The van der Waals surface area contributed by atoms with E-state index in [1.807, 2.05) is 11.8 Å². The SMILES string of the molecule is CC(C(=O)N1CCCCC1)N1CCOC(CO)C1. The Balaban J connectivity index is 1.88. The molecular formula is C13H24N2O3. The van der Waals surface area contributed by atoms with Crippen LogP contribution in [-0.2, 0) is 9.53 Å². The van der Waals surface area contributed by atoms with Crippen LogP contribution >= 0.6 is 0 Å². The zero-order valence-corrected chi connectivity index (χ0v) is 11.2. The number of nitrogens with zero attached hydrogens (tertiary/aromatic N) is 2. The standard InChI is InChI=1S/C13H24N2O3/c1-11(13(17)14-5-3-2-4-6-14)15-7-8-18-12(9-15)10-16/h11-12,16H,2-10H2,1H3. The molecule has 1 N–H and O–H groups in total. The molecule has 18 heavy (non-hydrogen) atoms. The minimum Gasteiger partial charge on any atom is -0.394 e. The van der Waals surface area contributed by atoms with Gasteiger partial charge in [0.25, 0.3) is 0 Å². The molecule has 0 spiro atoms. The highest BCUT2D eigenvalue weighted by molar-refractivity contribution is 5.81. The van der Waals surface area contributed by atoms with E-state index in [0.29, 0.717) is 13.2 Å². The molecular weight excluding hydrogens is 232 g/mol. The molecule has 0 bridgehead atoms. The topological polar surface area (TPSA) is 53.0 Å². The van der Waals surface area contributed by atoms with Gasteiger partial charge in [-0.05, 0) is 26.2 Å². The summed E-state index contributed by atoms with van der Waals surface area (Å²) in [5, 5.41) is 9.13. The van der Waals surface area contributed by atoms with Gasteiger partial charge in [-0.2, -0.15) is 0 Å². The summed E-state index contributed by atoms with van der Waals surface area (Å²) >= 11 is 0. The minimum atomic E-state index is -0.143. The van der Waals surface area contributed by atoms with E-state index in [1.165, 1.54) is 6.42 Å². The second-order valence-corrected chi connectivity index (χ2v) is 5.23. The number of piperidine rings is 1. The third-order valence-corrected chi connectivity index (χ3v) is 3.95. The monoisotopic (exact) mass is 256 g/mol. The van der Waals surface area contributed by atoms with Crippen LogP contribution in [0.2, 0.25) is 0 Å². The van der Waals surface area contributed by atoms with Crippen molar-refractivity contribution in [3.05, 3.63) is 0 Å². The van der Waals surface area contributed by atoms with Gasteiger partial charge in [0.15, 0.2) is 0 Å². The Morgan fingerprint density at radius 2 is 2.06 bits per heavy atom. The summed E-state index contributed by atoms with van der Waals surface area (Å²) in [5.74, 6) is 0.230. The zero-order chi connectivity index (χ0) is 13.0. The van der Waals surface area contributed by atoms with Crippen molar-refractivity contribution >= 4 is 5.91 Å². The molecule has 2 aliphatic rings. The van der Waals surface area contributed by atoms with Crippen LogP contribution < -0.4 is 0 Å². The first kappa shape index (κ1) is 13.8. The predicted molar refractivity (Wildman–Crippen MR) is 68.3 cm³/mol. The molecule has 5 heteroatoms. The van der Waals surface area contributed by atoms with Crippen molar-refractivity contribution in [1.29, 1.82) is 0 Å². The van der Waals surface area contributed by atoms with E-state index < -0.39 is 0 Å². The highest BCUT2D eigenvalue weighted by Crippen LogP contribution is 2.14. The molecule has 2 atom stereocenters. The van der Waals surface area contributed by atoms with E-state index in [1.54, 1.807) is 0 Å². The number of carbonyl (C=O) groups is 1. The maximum absolute atomic E-state index is 12.4. The second kappa shape index (κ2) is 6.50. The number of aliphatic hydroxyl groups is 1. The molecule has 2 saturated heterocycles. The summed E-state index contributed by atoms with van der Waals surface area (Å²) < 4.78 is 5.42. The van der Waals surface area contributed by atoms with Crippen molar-refractivity contribution < 1.29 is 14.6 Å². The molecule has 104 valence electrons. The number of ether oxygens (including phenoxy) is 1. The van der Waals surface area contributed by atoms with E-state index in [9.17, 15) is 4.79 Å². The number of morpholine rings is 1. The quantitative estimate of drug-likeness (QED) is 0.777. The highest BCUT2D eigenvalue weighted by atomic mass is 16.5. The average Bonchev–Trinajstić information content (AvgIpc) is 2.46. The fourth-order valence-corrected chi connectivity index (χ4v) is 2.74. The number of hydrogen-bond acceptors (Lipinski definition) is 4. The first-order valence-electron chi connectivity index (χ1n) is 6.97. The van der Waals surface area contributed by atoms with Gasteiger partial charge in [-0.15, -0.1) is 0 Å². The lowest BCUT2D eigenvalue weighted by molar-refractivity contribution is -0.141. The van der Waals surface area contributed by atoms with Crippen LogP contribution in [0.15, 0.2) is 0 Å². The molecule has 1 amide bonds. The van der Waals surface area contributed by atoms with Crippen LogP contribution in [0, 0.1) is 0 Å². The van der Waals surface area contributed by atoms with Crippen LogP contribution in [0.25, 0.3) is 0 Å². The summed E-state index contributed by atoms with van der Waals surface area (Å²) in [6.07, 6.45) is 3.35. The third kappa shape index (κ3) is 3.22. The van der Waals surface area contributed by atoms with Crippen molar-refractivity contribution in [2.24, 2.45) is 0 Å². The average molecular weight is 256 g/mol. The fraction of sp³-hybridized carbons (Fsp3) is 0.923. The van der Waals surface area contributed by atoms with Gasteiger partial charge in [-0.25, -0.2) is 0 Å². The molecule has 0 aromatic heterocycles. The Labute approximate surface area is 109 Å². The minimum absolute atomic E-state index is 0.0289. The molecule has 2 rings (SSSR count). The molecule has 2 heterocycles. The van der Waals surface area contributed by atoms with Gasteiger partial charge >= 0.3 is 0 Å². The summed E-state index contributed by atoms with van der Waals surface area (Å²) in [5.41, 5.74) is 0. The third-order valence-electron chi connectivity index (χ3n) is 3.95. The lowest BCUT2D eigenvalue weighted by Gasteiger charge is -2.38. The summed E-state index contributed by atoms with van der Waals surface area (Å²) in [7, 11) is 0. The zero-order valence-electron chi connectivity index (χ0n) is 11.2. The predicted octanol–water partition coefficient (Wildman–Crippen LogP) is 0.0805. The Hall–Kier alpha value is -0.650. The number of carbonyl (C=O) groups excluding carboxylic acids is 1. The molecule has 0 saturated carbocycles. The van der Waals surface area contributed by atoms with E-state index in [0.717, 1.165) is 32.5 Å². The van der Waals surface area contributed by atoms with E-state index in [2.05, 4.69) is 4.90 Å². The summed E-state index contributed by atoms with van der Waals surface area (Å²) in [6, 6.07) is -0.0963. The highest BCUT2D eigenvalue weighted by Gasteiger charge is 2.30. The van der Waals surface area contributed by atoms with Gasteiger partial charge in [0.05, 0.1) is 25.4 Å². The fourth-order valence-electron chi connectivity index (χ4n) is 2.74. The van der Waals surface area contributed by atoms with E-state index >= 15 is 0 Å². The molecule has 0 radical (unpaired) electrons. The lowest BCUT2D eigenvalue weighted by atomic mass is 10.1. The van der Waals surface area contributed by atoms with Crippen molar-refractivity contribution in [3.63, 3.8) is 0 Å². The van der Waals surface area contributed by atoms with Crippen LogP contribution in [0.1, 0.15) is 26.2 Å². The Kier molecular flexibility index (Phi) is 4.97. The Morgan fingerprint density at radius 1 is 1.33 bits per heavy atom. The molecule has 0 aromatic rings. The number of hydrogen-bond donors (Lipinski definition) is 1.